The number of piperidine rings is 1. The third-order valence-electron chi connectivity index (χ3n) is 5.85. The molecule has 3 rings (SSSR count). The largest absolute Gasteiger partial charge is 0.371 e. The van der Waals surface area contributed by atoms with Crippen molar-refractivity contribution in [2.75, 3.05) is 37.6 Å². The van der Waals surface area contributed by atoms with Crippen LogP contribution in [0.1, 0.15) is 26.7 Å². The van der Waals surface area contributed by atoms with Gasteiger partial charge in [-0.3, -0.25) is 4.90 Å². The van der Waals surface area contributed by atoms with Gasteiger partial charge < -0.3 is 10.6 Å². The summed E-state index contributed by atoms with van der Waals surface area (Å²) < 4.78 is 0. The monoisotopic (exact) mass is 287 g/mol. The summed E-state index contributed by atoms with van der Waals surface area (Å²) in [7, 11) is 0. The van der Waals surface area contributed by atoms with Crippen molar-refractivity contribution in [3.05, 3.63) is 30.3 Å². The second-order valence-electron chi connectivity index (χ2n) is 7.11. The lowest BCUT2D eigenvalue weighted by Crippen LogP contribution is -2.59. The molecule has 2 unspecified atom stereocenters. The van der Waals surface area contributed by atoms with E-state index in [1.807, 2.05) is 0 Å². The smallest absolute Gasteiger partial charge is 0.0366 e. The lowest BCUT2D eigenvalue weighted by atomic mass is 9.85. The number of para-hydroxylation sites is 1. The Morgan fingerprint density at radius 3 is 2.14 bits per heavy atom. The normalized spacial score (nSPS) is 29.8. The molecule has 0 aliphatic carbocycles. The second-order valence-corrected chi connectivity index (χ2v) is 7.11. The predicted molar refractivity (Wildman–Crippen MR) is 89.6 cm³/mol. The van der Waals surface area contributed by atoms with Crippen LogP contribution < -0.4 is 10.6 Å². The molecule has 2 heterocycles. The first-order valence-corrected chi connectivity index (χ1v) is 8.40. The summed E-state index contributed by atoms with van der Waals surface area (Å²) in [5.74, 6) is 1.61. The zero-order valence-corrected chi connectivity index (χ0v) is 13.5. The summed E-state index contributed by atoms with van der Waals surface area (Å²) in [5, 5.41) is 0. The molecule has 0 saturated carbocycles. The standard InChI is InChI=1S/C18H29N3/c1-15-12-21(13-16(15)2)18(14-19)8-10-20(11-9-18)17-6-4-3-5-7-17/h3-7,15-16H,8-14,19H2,1-2H3. The zero-order valence-electron chi connectivity index (χ0n) is 13.5. The molecule has 0 amide bonds. The molecule has 1 aromatic carbocycles. The summed E-state index contributed by atoms with van der Waals surface area (Å²) in [6.45, 7) is 10.3. The highest BCUT2D eigenvalue weighted by molar-refractivity contribution is 5.46. The van der Waals surface area contributed by atoms with Gasteiger partial charge in [-0.05, 0) is 36.8 Å². The number of hydrogen-bond acceptors (Lipinski definition) is 3. The summed E-state index contributed by atoms with van der Waals surface area (Å²) in [6.07, 6.45) is 2.38. The molecule has 3 nitrogen and oxygen atoms in total. The van der Waals surface area contributed by atoms with Crippen LogP contribution in [0.5, 0.6) is 0 Å². The van der Waals surface area contributed by atoms with Crippen molar-refractivity contribution in [2.45, 2.75) is 32.2 Å². The van der Waals surface area contributed by atoms with E-state index in [9.17, 15) is 0 Å². The molecule has 3 heteroatoms. The van der Waals surface area contributed by atoms with Crippen LogP contribution >= 0.6 is 0 Å². The summed E-state index contributed by atoms with van der Waals surface area (Å²) >= 11 is 0. The Hall–Kier alpha value is -1.06. The van der Waals surface area contributed by atoms with Crippen LogP contribution in [-0.4, -0.2) is 43.2 Å². The fourth-order valence-electron chi connectivity index (χ4n) is 3.99. The maximum Gasteiger partial charge on any atom is 0.0366 e. The van der Waals surface area contributed by atoms with Gasteiger partial charge in [-0.1, -0.05) is 32.0 Å². The highest BCUT2D eigenvalue weighted by atomic mass is 15.3. The first-order chi connectivity index (χ1) is 10.1. The Bertz CT molecular complexity index is 441. The molecule has 0 aromatic heterocycles. The first-order valence-electron chi connectivity index (χ1n) is 8.40. The molecule has 2 aliphatic rings. The van der Waals surface area contributed by atoms with Crippen LogP contribution in [0.3, 0.4) is 0 Å². The average molecular weight is 287 g/mol. The predicted octanol–water partition coefficient (Wildman–Crippen LogP) is 2.57. The number of nitrogens with zero attached hydrogens (tertiary/aromatic N) is 2. The highest BCUT2D eigenvalue weighted by Gasteiger charge is 2.43. The molecule has 0 spiro atoms. The molecular weight excluding hydrogens is 258 g/mol. The molecule has 2 N–H and O–H groups in total. The van der Waals surface area contributed by atoms with E-state index in [2.05, 4.69) is 54.0 Å². The molecule has 116 valence electrons. The SMILES string of the molecule is CC1CN(C2(CN)CCN(c3ccccc3)CC2)CC1C. The average Bonchev–Trinajstić information content (AvgIpc) is 2.88. The minimum Gasteiger partial charge on any atom is -0.371 e. The summed E-state index contributed by atoms with van der Waals surface area (Å²) in [6, 6.07) is 10.8. The lowest BCUT2D eigenvalue weighted by molar-refractivity contribution is 0.0891. The van der Waals surface area contributed by atoms with E-state index in [-0.39, 0.29) is 5.54 Å². The number of nitrogens with two attached hydrogens (primary N) is 1. The van der Waals surface area contributed by atoms with Gasteiger partial charge in [-0.25, -0.2) is 0 Å². The zero-order chi connectivity index (χ0) is 14.9. The van der Waals surface area contributed by atoms with Gasteiger partial charge in [0.2, 0.25) is 0 Å². The molecule has 0 radical (unpaired) electrons. The number of rotatable bonds is 3. The van der Waals surface area contributed by atoms with Gasteiger partial charge in [0.05, 0.1) is 0 Å². The summed E-state index contributed by atoms with van der Waals surface area (Å²) in [4.78, 5) is 5.21. The van der Waals surface area contributed by atoms with E-state index in [1.165, 1.54) is 31.6 Å². The van der Waals surface area contributed by atoms with Crippen molar-refractivity contribution < 1.29 is 0 Å². The van der Waals surface area contributed by atoms with Crippen LogP contribution in [0.25, 0.3) is 0 Å². The van der Waals surface area contributed by atoms with Crippen molar-refractivity contribution in [1.29, 1.82) is 0 Å². The lowest BCUT2D eigenvalue weighted by Gasteiger charge is -2.47. The number of likely N-dealkylation sites (tertiary alicyclic amines) is 1. The Morgan fingerprint density at radius 2 is 1.62 bits per heavy atom. The van der Waals surface area contributed by atoms with E-state index in [1.54, 1.807) is 0 Å². The molecule has 1 aromatic rings. The van der Waals surface area contributed by atoms with Crippen LogP contribution in [0.15, 0.2) is 30.3 Å². The van der Waals surface area contributed by atoms with Crippen LogP contribution in [0, 0.1) is 11.8 Å². The Balaban J connectivity index is 1.68. The first kappa shape index (κ1) is 14.9. The molecule has 2 aliphatic heterocycles. The van der Waals surface area contributed by atoms with Gasteiger partial charge in [-0.2, -0.15) is 0 Å². The van der Waals surface area contributed by atoms with Gasteiger partial charge >= 0.3 is 0 Å². The highest BCUT2D eigenvalue weighted by Crippen LogP contribution is 2.36. The van der Waals surface area contributed by atoms with Crippen molar-refractivity contribution in [2.24, 2.45) is 17.6 Å². The Labute approximate surface area is 129 Å². The van der Waals surface area contributed by atoms with Crippen molar-refractivity contribution >= 4 is 5.69 Å². The molecular formula is C18H29N3. The molecule has 0 bridgehead atoms. The third-order valence-corrected chi connectivity index (χ3v) is 5.85. The minimum atomic E-state index is 0.240. The fraction of sp³-hybridized carbons (Fsp3) is 0.667. The number of anilines is 1. The Kier molecular flexibility index (Phi) is 4.23. The maximum absolute atomic E-state index is 6.23. The van der Waals surface area contributed by atoms with Crippen LogP contribution in [-0.2, 0) is 0 Å². The number of benzene rings is 1. The second kappa shape index (κ2) is 5.98. The molecule has 2 saturated heterocycles. The van der Waals surface area contributed by atoms with E-state index < -0.39 is 0 Å². The van der Waals surface area contributed by atoms with Crippen molar-refractivity contribution in [1.82, 2.24) is 4.90 Å². The van der Waals surface area contributed by atoms with E-state index in [0.29, 0.717) is 0 Å². The Morgan fingerprint density at radius 1 is 1.05 bits per heavy atom. The van der Waals surface area contributed by atoms with E-state index >= 15 is 0 Å². The van der Waals surface area contributed by atoms with Gasteiger partial charge in [0.15, 0.2) is 0 Å². The minimum absolute atomic E-state index is 0.240. The number of hydrogen-bond donors (Lipinski definition) is 1. The quantitative estimate of drug-likeness (QED) is 0.927. The summed E-state index contributed by atoms with van der Waals surface area (Å²) in [5.41, 5.74) is 7.83. The van der Waals surface area contributed by atoms with E-state index in [4.69, 9.17) is 5.73 Å². The van der Waals surface area contributed by atoms with Gasteiger partial charge in [-0.15, -0.1) is 0 Å². The topological polar surface area (TPSA) is 32.5 Å². The molecule has 2 fully saturated rings. The van der Waals surface area contributed by atoms with Gasteiger partial charge in [0.1, 0.15) is 0 Å². The fourth-order valence-corrected chi connectivity index (χ4v) is 3.99. The van der Waals surface area contributed by atoms with Gasteiger partial charge in [0.25, 0.3) is 0 Å². The van der Waals surface area contributed by atoms with Crippen LogP contribution in [0.2, 0.25) is 0 Å². The molecule has 21 heavy (non-hydrogen) atoms. The van der Waals surface area contributed by atoms with Crippen molar-refractivity contribution in [3.63, 3.8) is 0 Å². The van der Waals surface area contributed by atoms with Crippen LogP contribution in [0.4, 0.5) is 5.69 Å². The molecule has 2 atom stereocenters. The van der Waals surface area contributed by atoms with Gasteiger partial charge in [0, 0.05) is 44.0 Å². The van der Waals surface area contributed by atoms with E-state index in [0.717, 1.165) is 31.5 Å². The third kappa shape index (κ3) is 2.82. The van der Waals surface area contributed by atoms with Crippen molar-refractivity contribution in [3.8, 4) is 0 Å². The maximum atomic E-state index is 6.23.